The molecule has 1 heterocycles. The average molecular weight is 290 g/mol. The molecule has 1 atom stereocenters. The van der Waals surface area contributed by atoms with Crippen LogP contribution in [0.15, 0.2) is 24.3 Å². The van der Waals surface area contributed by atoms with E-state index in [1.807, 2.05) is 18.2 Å². The van der Waals surface area contributed by atoms with Crippen LogP contribution in [0.4, 0.5) is 0 Å². The number of hydrogen-bond donors (Lipinski definition) is 1. The number of nitrogens with one attached hydrogen (secondary N) is 1. The zero-order chi connectivity index (χ0) is 15.1. The van der Waals surface area contributed by atoms with Gasteiger partial charge in [0.1, 0.15) is 5.75 Å². The van der Waals surface area contributed by atoms with Gasteiger partial charge in [0.2, 0.25) is 0 Å². The molecule has 1 saturated heterocycles. The number of hydrogen-bond acceptors (Lipinski definition) is 3. The second kappa shape index (κ2) is 8.03. The molecular formula is C17H26N2O2. The van der Waals surface area contributed by atoms with Gasteiger partial charge in [0.05, 0.1) is 12.7 Å². The molecule has 1 amide bonds. The first-order valence-electron chi connectivity index (χ1n) is 7.87. The van der Waals surface area contributed by atoms with E-state index in [1.54, 1.807) is 13.2 Å². The Morgan fingerprint density at radius 3 is 2.95 bits per heavy atom. The third-order valence-corrected chi connectivity index (χ3v) is 4.20. The number of carbonyl (C=O) groups is 1. The molecule has 1 aliphatic heterocycles. The van der Waals surface area contributed by atoms with Crippen LogP contribution in [0.3, 0.4) is 0 Å². The van der Waals surface area contributed by atoms with Gasteiger partial charge in [0.25, 0.3) is 5.91 Å². The van der Waals surface area contributed by atoms with Crippen molar-refractivity contribution in [2.75, 3.05) is 26.7 Å². The highest BCUT2D eigenvalue weighted by molar-refractivity contribution is 5.96. The van der Waals surface area contributed by atoms with E-state index in [2.05, 4.69) is 17.1 Å². The van der Waals surface area contributed by atoms with Gasteiger partial charge in [0, 0.05) is 19.1 Å². The number of nitrogens with zero attached hydrogens (tertiary/aromatic N) is 1. The van der Waals surface area contributed by atoms with Gasteiger partial charge in [-0.1, -0.05) is 18.6 Å². The molecule has 116 valence electrons. The summed E-state index contributed by atoms with van der Waals surface area (Å²) in [5.74, 6) is 0.568. The van der Waals surface area contributed by atoms with Crippen LogP contribution in [0.25, 0.3) is 0 Å². The normalized spacial score (nSPS) is 19.2. The number of rotatable bonds is 6. The lowest BCUT2D eigenvalue weighted by atomic mass is 10.0. The first kappa shape index (κ1) is 15.8. The largest absolute Gasteiger partial charge is 0.496 e. The molecule has 4 heteroatoms. The van der Waals surface area contributed by atoms with Gasteiger partial charge in [0.15, 0.2) is 0 Å². The Morgan fingerprint density at radius 2 is 2.19 bits per heavy atom. The van der Waals surface area contributed by atoms with Gasteiger partial charge >= 0.3 is 0 Å². The highest BCUT2D eigenvalue weighted by Gasteiger charge is 2.17. The topological polar surface area (TPSA) is 41.6 Å². The van der Waals surface area contributed by atoms with E-state index < -0.39 is 0 Å². The van der Waals surface area contributed by atoms with Gasteiger partial charge in [-0.25, -0.2) is 0 Å². The highest BCUT2D eigenvalue weighted by atomic mass is 16.5. The molecule has 21 heavy (non-hydrogen) atoms. The molecule has 1 fully saturated rings. The highest BCUT2D eigenvalue weighted by Crippen LogP contribution is 2.17. The summed E-state index contributed by atoms with van der Waals surface area (Å²) in [6, 6.07) is 8.01. The Bertz CT molecular complexity index is 462. The minimum absolute atomic E-state index is 0.0563. The van der Waals surface area contributed by atoms with Crippen molar-refractivity contribution in [2.45, 2.75) is 38.6 Å². The molecule has 1 aromatic carbocycles. The van der Waals surface area contributed by atoms with Crippen LogP contribution >= 0.6 is 0 Å². The molecular weight excluding hydrogens is 264 g/mol. The summed E-state index contributed by atoms with van der Waals surface area (Å²) >= 11 is 0. The number of carbonyl (C=O) groups excluding carboxylic acids is 1. The lowest BCUT2D eigenvalue weighted by molar-refractivity contribution is 0.0946. The van der Waals surface area contributed by atoms with E-state index in [0.717, 1.165) is 13.0 Å². The van der Waals surface area contributed by atoms with Crippen molar-refractivity contribution in [3.05, 3.63) is 29.8 Å². The van der Waals surface area contributed by atoms with Gasteiger partial charge in [-0.15, -0.1) is 0 Å². The van der Waals surface area contributed by atoms with E-state index in [1.165, 1.54) is 25.8 Å². The van der Waals surface area contributed by atoms with Gasteiger partial charge in [-0.05, 0) is 44.9 Å². The van der Waals surface area contributed by atoms with Crippen molar-refractivity contribution in [3.63, 3.8) is 0 Å². The standard InChI is InChI=1S/C17H26N2O2/c1-14-8-5-6-12-19(14)13-7-11-18-17(20)15-9-3-4-10-16(15)21-2/h3-4,9-10,14H,5-8,11-13H2,1-2H3,(H,18,20). The van der Waals surface area contributed by atoms with Crippen LogP contribution in [0.1, 0.15) is 43.0 Å². The van der Waals surface area contributed by atoms with Crippen molar-refractivity contribution in [1.29, 1.82) is 0 Å². The van der Waals surface area contributed by atoms with Gasteiger partial charge < -0.3 is 15.0 Å². The zero-order valence-corrected chi connectivity index (χ0v) is 13.1. The van der Waals surface area contributed by atoms with Crippen molar-refractivity contribution < 1.29 is 9.53 Å². The summed E-state index contributed by atoms with van der Waals surface area (Å²) < 4.78 is 5.21. The summed E-state index contributed by atoms with van der Waals surface area (Å²) in [5.41, 5.74) is 0.603. The molecule has 1 unspecified atom stereocenters. The number of piperidine rings is 1. The predicted molar refractivity (Wildman–Crippen MR) is 84.8 cm³/mol. The molecule has 1 aromatic rings. The van der Waals surface area contributed by atoms with Crippen LogP contribution in [0.5, 0.6) is 5.75 Å². The fourth-order valence-electron chi connectivity index (χ4n) is 2.90. The third-order valence-electron chi connectivity index (χ3n) is 4.20. The van der Waals surface area contributed by atoms with Crippen LogP contribution < -0.4 is 10.1 Å². The summed E-state index contributed by atoms with van der Waals surface area (Å²) in [6.45, 7) is 5.27. The fraction of sp³-hybridized carbons (Fsp3) is 0.588. The van der Waals surface area contributed by atoms with E-state index in [0.29, 0.717) is 23.9 Å². The molecule has 0 saturated carbocycles. The molecule has 0 aromatic heterocycles. The fourth-order valence-corrected chi connectivity index (χ4v) is 2.90. The molecule has 0 spiro atoms. The molecule has 1 aliphatic rings. The quantitative estimate of drug-likeness (QED) is 0.819. The average Bonchev–Trinajstić information content (AvgIpc) is 2.52. The Morgan fingerprint density at radius 1 is 1.38 bits per heavy atom. The number of amides is 1. The zero-order valence-electron chi connectivity index (χ0n) is 13.1. The SMILES string of the molecule is COc1ccccc1C(=O)NCCCN1CCCCC1C. The number of ether oxygens (including phenoxy) is 1. The maximum absolute atomic E-state index is 12.1. The molecule has 0 bridgehead atoms. The smallest absolute Gasteiger partial charge is 0.255 e. The summed E-state index contributed by atoms with van der Waals surface area (Å²) in [4.78, 5) is 14.7. The molecule has 0 aliphatic carbocycles. The van der Waals surface area contributed by atoms with E-state index in [9.17, 15) is 4.79 Å². The Kier molecular flexibility index (Phi) is 6.05. The second-order valence-corrected chi connectivity index (χ2v) is 5.69. The minimum atomic E-state index is -0.0563. The number of likely N-dealkylation sites (tertiary alicyclic amines) is 1. The van der Waals surface area contributed by atoms with Gasteiger partial charge in [-0.3, -0.25) is 4.79 Å². The van der Waals surface area contributed by atoms with Crippen LogP contribution in [-0.4, -0.2) is 43.6 Å². The van der Waals surface area contributed by atoms with Crippen molar-refractivity contribution in [3.8, 4) is 5.75 Å². The second-order valence-electron chi connectivity index (χ2n) is 5.69. The monoisotopic (exact) mass is 290 g/mol. The Balaban J connectivity index is 1.74. The predicted octanol–water partition coefficient (Wildman–Crippen LogP) is 2.69. The van der Waals surface area contributed by atoms with Crippen LogP contribution in [0.2, 0.25) is 0 Å². The lowest BCUT2D eigenvalue weighted by Gasteiger charge is -2.33. The van der Waals surface area contributed by atoms with Crippen molar-refractivity contribution in [1.82, 2.24) is 10.2 Å². The van der Waals surface area contributed by atoms with Gasteiger partial charge in [-0.2, -0.15) is 0 Å². The minimum Gasteiger partial charge on any atom is -0.496 e. The number of para-hydroxylation sites is 1. The first-order chi connectivity index (χ1) is 10.2. The maximum atomic E-state index is 12.1. The maximum Gasteiger partial charge on any atom is 0.255 e. The number of methoxy groups -OCH3 is 1. The van der Waals surface area contributed by atoms with E-state index >= 15 is 0 Å². The molecule has 2 rings (SSSR count). The van der Waals surface area contributed by atoms with Crippen molar-refractivity contribution >= 4 is 5.91 Å². The summed E-state index contributed by atoms with van der Waals surface area (Å²) in [5, 5.41) is 2.98. The number of benzene rings is 1. The molecule has 0 radical (unpaired) electrons. The third kappa shape index (κ3) is 4.46. The summed E-state index contributed by atoms with van der Waals surface area (Å²) in [7, 11) is 1.59. The molecule has 4 nitrogen and oxygen atoms in total. The van der Waals surface area contributed by atoms with E-state index in [-0.39, 0.29) is 5.91 Å². The summed E-state index contributed by atoms with van der Waals surface area (Å²) in [6.07, 6.45) is 4.94. The van der Waals surface area contributed by atoms with Crippen LogP contribution in [-0.2, 0) is 0 Å². The first-order valence-corrected chi connectivity index (χ1v) is 7.87. The Hall–Kier alpha value is -1.55. The Labute approximate surface area is 127 Å². The molecule has 1 N–H and O–H groups in total. The lowest BCUT2D eigenvalue weighted by Crippen LogP contribution is -2.39. The van der Waals surface area contributed by atoms with E-state index in [4.69, 9.17) is 4.74 Å². The van der Waals surface area contributed by atoms with Crippen molar-refractivity contribution in [2.24, 2.45) is 0 Å². The van der Waals surface area contributed by atoms with Crippen LogP contribution in [0, 0.1) is 0 Å².